The first-order chi connectivity index (χ1) is 9.76. The van der Waals surface area contributed by atoms with E-state index < -0.39 is 0 Å². The van der Waals surface area contributed by atoms with Crippen LogP contribution in [0.2, 0.25) is 0 Å². The standard InChI is InChI=1S/C14H16N4OS/c1-15-13-11-5-7-20-14(11)17-12(16-13)9-18(2)8-10-4-3-6-19-10/h3-7H,8-9H2,1-2H3,(H,15,16,17). The van der Waals surface area contributed by atoms with Gasteiger partial charge in [-0.25, -0.2) is 9.97 Å². The van der Waals surface area contributed by atoms with Gasteiger partial charge in [0.2, 0.25) is 0 Å². The van der Waals surface area contributed by atoms with E-state index in [0.717, 1.165) is 34.2 Å². The van der Waals surface area contributed by atoms with Gasteiger partial charge in [0, 0.05) is 7.05 Å². The first-order valence-corrected chi connectivity index (χ1v) is 7.27. The summed E-state index contributed by atoms with van der Waals surface area (Å²) in [6.45, 7) is 1.43. The third-order valence-electron chi connectivity index (χ3n) is 3.03. The number of hydrogen-bond acceptors (Lipinski definition) is 6. The van der Waals surface area contributed by atoms with Crippen molar-refractivity contribution in [3.63, 3.8) is 0 Å². The van der Waals surface area contributed by atoms with Gasteiger partial charge >= 0.3 is 0 Å². The zero-order chi connectivity index (χ0) is 13.9. The Balaban J connectivity index is 1.79. The number of hydrogen-bond donors (Lipinski definition) is 1. The monoisotopic (exact) mass is 288 g/mol. The van der Waals surface area contributed by atoms with Gasteiger partial charge in [0.15, 0.2) is 0 Å². The molecule has 0 saturated carbocycles. The van der Waals surface area contributed by atoms with Crippen LogP contribution in [0.3, 0.4) is 0 Å². The molecule has 0 radical (unpaired) electrons. The number of nitrogens with one attached hydrogen (secondary N) is 1. The molecule has 5 nitrogen and oxygen atoms in total. The summed E-state index contributed by atoms with van der Waals surface area (Å²) in [6, 6.07) is 5.91. The molecule has 104 valence electrons. The van der Waals surface area contributed by atoms with Gasteiger partial charge in [-0.05, 0) is 30.6 Å². The molecule has 0 bridgehead atoms. The Hall–Kier alpha value is -1.92. The summed E-state index contributed by atoms with van der Waals surface area (Å²) in [7, 11) is 3.92. The fourth-order valence-electron chi connectivity index (χ4n) is 2.13. The fourth-order valence-corrected chi connectivity index (χ4v) is 2.91. The highest BCUT2D eigenvalue weighted by Gasteiger charge is 2.10. The van der Waals surface area contributed by atoms with Gasteiger partial charge in [0.25, 0.3) is 0 Å². The summed E-state index contributed by atoms with van der Waals surface area (Å²) in [4.78, 5) is 12.3. The van der Waals surface area contributed by atoms with Crippen LogP contribution in [0.1, 0.15) is 11.6 Å². The van der Waals surface area contributed by atoms with E-state index in [0.29, 0.717) is 6.54 Å². The highest BCUT2D eigenvalue weighted by Crippen LogP contribution is 2.25. The first-order valence-electron chi connectivity index (χ1n) is 6.39. The van der Waals surface area contributed by atoms with Gasteiger partial charge in [-0.2, -0.15) is 0 Å². The Labute approximate surface area is 121 Å². The van der Waals surface area contributed by atoms with E-state index in [4.69, 9.17) is 4.42 Å². The van der Waals surface area contributed by atoms with Crippen molar-refractivity contribution in [1.82, 2.24) is 14.9 Å². The number of fused-ring (bicyclic) bond motifs is 1. The van der Waals surface area contributed by atoms with Crippen molar-refractivity contribution in [1.29, 1.82) is 0 Å². The van der Waals surface area contributed by atoms with E-state index in [2.05, 4.69) is 20.2 Å². The molecule has 0 fully saturated rings. The molecule has 0 aliphatic carbocycles. The van der Waals surface area contributed by atoms with Gasteiger partial charge in [-0.3, -0.25) is 4.90 Å². The van der Waals surface area contributed by atoms with Crippen molar-refractivity contribution in [2.75, 3.05) is 19.4 Å². The lowest BCUT2D eigenvalue weighted by molar-refractivity contribution is 0.282. The third-order valence-corrected chi connectivity index (χ3v) is 3.83. The van der Waals surface area contributed by atoms with Crippen molar-refractivity contribution in [3.05, 3.63) is 41.4 Å². The molecule has 3 aromatic heterocycles. The topological polar surface area (TPSA) is 54.2 Å². The second-order valence-corrected chi connectivity index (χ2v) is 5.52. The van der Waals surface area contributed by atoms with Crippen molar-refractivity contribution in [3.8, 4) is 0 Å². The summed E-state index contributed by atoms with van der Waals surface area (Å²) in [6.07, 6.45) is 1.69. The lowest BCUT2D eigenvalue weighted by atomic mass is 10.3. The van der Waals surface area contributed by atoms with Crippen LogP contribution in [0.4, 0.5) is 5.82 Å². The number of thiophene rings is 1. The number of aromatic nitrogens is 2. The Morgan fingerprint density at radius 2 is 2.20 bits per heavy atom. The van der Waals surface area contributed by atoms with E-state index in [1.807, 2.05) is 37.7 Å². The van der Waals surface area contributed by atoms with Crippen LogP contribution < -0.4 is 5.32 Å². The van der Waals surface area contributed by atoms with Gasteiger partial charge in [0.05, 0.1) is 24.7 Å². The third kappa shape index (κ3) is 2.66. The van der Waals surface area contributed by atoms with E-state index in [9.17, 15) is 0 Å². The Kier molecular flexibility index (Phi) is 3.66. The van der Waals surface area contributed by atoms with Crippen LogP contribution in [0.15, 0.2) is 34.3 Å². The molecule has 0 atom stereocenters. The molecule has 3 aromatic rings. The molecule has 6 heteroatoms. The maximum absolute atomic E-state index is 5.35. The van der Waals surface area contributed by atoms with Crippen LogP contribution in [0.5, 0.6) is 0 Å². The van der Waals surface area contributed by atoms with Gasteiger partial charge < -0.3 is 9.73 Å². The molecule has 0 amide bonds. The lowest BCUT2D eigenvalue weighted by Gasteiger charge is -2.14. The van der Waals surface area contributed by atoms with Crippen LogP contribution in [-0.2, 0) is 13.1 Å². The second-order valence-electron chi connectivity index (χ2n) is 4.63. The van der Waals surface area contributed by atoms with Crippen LogP contribution in [0, 0.1) is 0 Å². The molecule has 0 unspecified atom stereocenters. The second kappa shape index (κ2) is 5.60. The molecular weight excluding hydrogens is 272 g/mol. The Morgan fingerprint density at radius 3 is 2.95 bits per heavy atom. The van der Waals surface area contributed by atoms with Crippen LogP contribution in [-0.4, -0.2) is 29.0 Å². The summed E-state index contributed by atoms with van der Waals surface area (Å²) in [5.41, 5.74) is 0. The minimum absolute atomic E-state index is 0.684. The van der Waals surface area contributed by atoms with Gasteiger partial charge in [-0.15, -0.1) is 11.3 Å². The normalized spacial score (nSPS) is 11.3. The molecule has 1 N–H and O–H groups in total. The lowest BCUT2D eigenvalue weighted by Crippen LogP contribution is -2.18. The molecule has 0 aliphatic heterocycles. The largest absolute Gasteiger partial charge is 0.468 e. The first kappa shape index (κ1) is 13.1. The van der Waals surface area contributed by atoms with Crippen molar-refractivity contribution >= 4 is 27.4 Å². The van der Waals surface area contributed by atoms with E-state index in [-0.39, 0.29) is 0 Å². The molecule has 3 rings (SSSR count). The SMILES string of the molecule is CNc1nc(CN(C)Cc2ccco2)nc2sccc12. The quantitative estimate of drug-likeness (QED) is 0.782. The predicted molar refractivity (Wildman–Crippen MR) is 80.8 cm³/mol. The minimum Gasteiger partial charge on any atom is -0.468 e. The number of furan rings is 1. The number of rotatable bonds is 5. The summed E-state index contributed by atoms with van der Waals surface area (Å²) < 4.78 is 5.35. The van der Waals surface area contributed by atoms with E-state index in [1.165, 1.54) is 0 Å². The molecule has 0 aromatic carbocycles. The predicted octanol–water partition coefficient (Wildman–Crippen LogP) is 2.96. The minimum atomic E-state index is 0.684. The molecule has 0 spiro atoms. The molecule has 0 saturated heterocycles. The zero-order valence-electron chi connectivity index (χ0n) is 11.5. The summed E-state index contributed by atoms with van der Waals surface area (Å²) in [5, 5.41) is 6.25. The highest BCUT2D eigenvalue weighted by atomic mass is 32.1. The van der Waals surface area contributed by atoms with Crippen LogP contribution >= 0.6 is 11.3 Å². The van der Waals surface area contributed by atoms with Crippen molar-refractivity contribution in [2.45, 2.75) is 13.1 Å². The van der Waals surface area contributed by atoms with E-state index in [1.54, 1.807) is 17.6 Å². The van der Waals surface area contributed by atoms with E-state index >= 15 is 0 Å². The number of anilines is 1. The molecule has 3 heterocycles. The average molecular weight is 288 g/mol. The maximum Gasteiger partial charge on any atom is 0.146 e. The molecular formula is C14H16N4OS. The zero-order valence-corrected chi connectivity index (χ0v) is 12.3. The van der Waals surface area contributed by atoms with Gasteiger partial charge in [-0.1, -0.05) is 0 Å². The Bertz CT molecular complexity index is 692. The number of nitrogens with zero attached hydrogens (tertiary/aromatic N) is 3. The van der Waals surface area contributed by atoms with Crippen LogP contribution in [0.25, 0.3) is 10.2 Å². The van der Waals surface area contributed by atoms with Crippen molar-refractivity contribution in [2.24, 2.45) is 0 Å². The highest BCUT2D eigenvalue weighted by molar-refractivity contribution is 7.16. The Morgan fingerprint density at radius 1 is 1.30 bits per heavy atom. The van der Waals surface area contributed by atoms with Crippen molar-refractivity contribution < 1.29 is 4.42 Å². The summed E-state index contributed by atoms with van der Waals surface area (Å²) >= 11 is 1.64. The summed E-state index contributed by atoms with van der Waals surface area (Å²) in [5.74, 6) is 2.65. The fraction of sp³-hybridized carbons (Fsp3) is 0.286. The smallest absolute Gasteiger partial charge is 0.146 e. The van der Waals surface area contributed by atoms with Gasteiger partial charge in [0.1, 0.15) is 22.2 Å². The molecule has 0 aliphatic rings. The average Bonchev–Trinajstić information content (AvgIpc) is 3.08. The molecule has 20 heavy (non-hydrogen) atoms. The maximum atomic E-state index is 5.35.